The van der Waals surface area contributed by atoms with Crippen molar-refractivity contribution in [2.75, 3.05) is 13.7 Å². The molecule has 2 aromatic rings. The monoisotopic (exact) mass is 505 g/mol. The molecule has 0 radical (unpaired) electrons. The van der Waals surface area contributed by atoms with Gasteiger partial charge < -0.3 is 20.1 Å². The molecule has 0 saturated heterocycles. The Labute approximate surface area is 181 Å². The van der Waals surface area contributed by atoms with Gasteiger partial charge in [0.25, 0.3) is 0 Å². The third-order valence-electron chi connectivity index (χ3n) is 3.73. The highest BCUT2D eigenvalue weighted by molar-refractivity contribution is 14.0. The number of ether oxygens (including phenoxy) is 2. The molecular formula is C20H26F2IN3O2. The topological polar surface area (TPSA) is 54.9 Å². The van der Waals surface area contributed by atoms with Gasteiger partial charge in [0, 0.05) is 25.8 Å². The lowest BCUT2D eigenvalue weighted by Gasteiger charge is -2.14. The standard InChI is InChI=1S/C20H25F2N3O2.HI/c1-3-23-20(24-12-15-8-10-16(11-9-15)14-26-2)25-13-17-6-4-5-7-18(17)27-19(21)22;/h4-11,19H,3,12-14H2,1-2H3,(H2,23,24,25);1H. The van der Waals surface area contributed by atoms with Gasteiger partial charge in [0.15, 0.2) is 5.96 Å². The van der Waals surface area contributed by atoms with Crippen LogP contribution in [0.1, 0.15) is 23.6 Å². The van der Waals surface area contributed by atoms with Crippen LogP contribution in [0.4, 0.5) is 8.78 Å². The summed E-state index contributed by atoms with van der Waals surface area (Å²) in [6, 6.07) is 14.7. The summed E-state index contributed by atoms with van der Waals surface area (Å²) in [6.45, 7) is 1.19. The van der Waals surface area contributed by atoms with E-state index in [0.29, 0.717) is 37.8 Å². The lowest BCUT2D eigenvalue weighted by Crippen LogP contribution is -2.36. The molecule has 0 saturated carbocycles. The summed E-state index contributed by atoms with van der Waals surface area (Å²) in [5, 5.41) is 6.29. The number of nitrogens with zero attached hydrogens (tertiary/aromatic N) is 1. The lowest BCUT2D eigenvalue weighted by atomic mass is 10.1. The Kier molecular flexibility index (Phi) is 11.4. The van der Waals surface area contributed by atoms with Crippen LogP contribution in [0.2, 0.25) is 0 Å². The van der Waals surface area contributed by atoms with Gasteiger partial charge in [-0.25, -0.2) is 4.99 Å². The van der Waals surface area contributed by atoms with Crippen molar-refractivity contribution < 1.29 is 18.3 Å². The van der Waals surface area contributed by atoms with Gasteiger partial charge in [-0.05, 0) is 24.1 Å². The second kappa shape index (κ2) is 13.3. The number of benzene rings is 2. The normalized spacial score (nSPS) is 11.1. The molecule has 0 bridgehead atoms. The predicted octanol–water partition coefficient (Wildman–Crippen LogP) is 4.31. The molecule has 0 heterocycles. The van der Waals surface area contributed by atoms with E-state index >= 15 is 0 Å². The van der Waals surface area contributed by atoms with Crippen molar-refractivity contribution in [1.29, 1.82) is 0 Å². The van der Waals surface area contributed by atoms with Crippen molar-refractivity contribution in [1.82, 2.24) is 10.6 Å². The van der Waals surface area contributed by atoms with Crippen molar-refractivity contribution in [2.24, 2.45) is 4.99 Å². The Bertz CT molecular complexity index is 728. The first-order valence-electron chi connectivity index (χ1n) is 8.74. The Morgan fingerprint density at radius 1 is 1.04 bits per heavy atom. The fourth-order valence-electron chi connectivity index (χ4n) is 2.46. The third kappa shape index (κ3) is 8.39. The number of hydrogen-bond acceptors (Lipinski definition) is 3. The molecule has 2 aromatic carbocycles. The highest BCUT2D eigenvalue weighted by Crippen LogP contribution is 2.19. The van der Waals surface area contributed by atoms with Crippen LogP contribution in [0.25, 0.3) is 0 Å². The maximum atomic E-state index is 12.5. The number of nitrogens with one attached hydrogen (secondary N) is 2. The number of guanidine groups is 1. The zero-order chi connectivity index (χ0) is 19.5. The summed E-state index contributed by atoms with van der Waals surface area (Å²) in [5.41, 5.74) is 2.80. The van der Waals surface area contributed by atoms with E-state index < -0.39 is 6.61 Å². The maximum Gasteiger partial charge on any atom is 0.387 e. The smallest absolute Gasteiger partial charge is 0.387 e. The Hall–Kier alpha value is -1.94. The van der Waals surface area contributed by atoms with E-state index in [1.165, 1.54) is 6.07 Å². The average molecular weight is 505 g/mol. The number of alkyl halides is 2. The molecule has 0 spiro atoms. The maximum absolute atomic E-state index is 12.5. The summed E-state index contributed by atoms with van der Waals surface area (Å²) in [7, 11) is 1.66. The summed E-state index contributed by atoms with van der Waals surface area (Å²) >= 11 is 0. The summed E-state index contributed by atoms with van der Waals surface area (Å²) in [4.78, 5) is 4.54. The van der Waals surface area contributed by atoms with Crippen LogP contribution >= 0.6 is 24.0 Å². The van der Waals surface area contributed by atoms with Crippen LogP contribution in [0, 0.1) is 0 Å². The Morgan fingerprint density at radius 2 is 1.71 bits per heavy atom. The molecule has 8 heteroatoms. The van der Waals surface area contributed by atoms with E-state index in [2.05, 4.69) is 20.4 Å². The number of halogens is 3. The van der Waals surface area contributed by atoms with Crippen LogP contribution in [0.15, 0.2) is 53.5 Å². The van der Waals surface area contributed by atoms with Crippen molar-refractivity contribution in [3.8, 4) is 5.75 Å². The van der Waals surface area contributed by atoms with Gasteiger partial charge in [0.05, 0.1) is 13.2 Å². The average Bonchev–Trinajstić information content (AvgIpc) is 2.66. The number of para-hydroxylation sites is 1. The molecular weight excluding hydrogens is 479 g/mol. The van der Waals surface area contributed by atoms with Gasteiger partial charge >= 0.3 is 6.61 Å². The number of hydrogen-bond donors (Lipinski definition) is 2. The van der Waals surface area contributed by atoms with Gasteiger partial charge in [0.1, 0.15) is 5.75 Å². The molecule has 0 fully saturated rings. The molecule has 0 aliphatic rings. The van der Waals surface area contributed by atoms with E-state index in [1.807, 2.05) is 31.2 Å². The minimum atomic E-state index is -2.85. The number of methoxy groups -OCH3 is 1. The molecule has 0 amide bonds. The molecule has 28 heavy (non-hydrogen) atoms. The van der Waals surface area contributed by atoms with Crippen molar-refractivity contribution in [3.05, 3.63) is 65.2 Å². The van der Waals surface area contributed by atoms with E-state index in [9.17, 15) is 8.78 Å². The van der Waals surface area contributed by atoms with E-state index in [-0.39, 0.29) is 29.7 Å². The van der Waals surface area contributed by atoms with E-state index in [0.717, 1.165) is 11.1 Å². The zero-order valence-corrected chi connectivity index (χ0v) is 18.3. The molecule has 5 nitrogen and oxygen atoms in total. The van der Waals surface area contributed by atoms with E-state index in [4.69, 9.17) is 4.74 Å². The van der Waals surface area contributed by atoms with Crippen LogP contribution in [0.5, 0.6) is 5.75 Å². The molecule has 154 valence electrons. The molecule has 0 aliphatic heterocycles. The first kappa shape index (κ1) is 24.1. The van der Waals surface area contributed by atoms with Gasteiger partial charge in [0.2, 0.25) is 0 Å². The number of rotatable bonds is 9. The first-order chi connectivity index (χ1) is 13.1. The van der Waals surface area contributed by atoms with Gasteiger partial charge in [-0.1, -0.05) is 42.5 Å². The first-order valence-corrected chi connectivity index (χ1v) is 8.74. The largest absolute Gasteiger partial charge is 0.434 e. The van der Waals surface area contributed by atoms with E-state index in [1.54, 1.807) is 25.3 Å². The summed E-state index contributed by atoms with van der Waals surface area (Å²) < 4.78 is 34.7. The van der Waals surface area contributed by atoms with Crippen molar-refractivity contribution in [3.63, 3.8) is 0 Å². The molecule has 0 aromatic heterocycles. The Balaban J connectivity index is 0.00000392. The second-order valence-corrected chi connectivity index (χ2v) is 5.78. The number of aliphatic imine (C=N–C) groups is 1. The Morgan fingerprint density at radius 3 is 2.36 bits per heavy atom. The fourth-order valence-corrected chi connectivity index (χ4v) is 2.46. The van der Waals surface area contributed by atoms with Gasteiger partial charge in [-0.3, -0.25) is 0 Å². The molecule has 0 aliphatic carbocycles. The van der Waals surface area contributed by atoms with Crippen molar-refractivity contribution >= 4 is 29.9 Å². The minimum Gasteiger partial charge on any atom is -0.434 e. The second-order valence-electron chi connectivity index (χ2n) is 5.78. The lowest BCUT2D eigenvalue weighted by molar-refractivity contribution is -0.0504. The highest BCUT2D eigenvalue weighted by Gasteiger charge is 2.09. The SMILES string of the molecule is CCNC(=NCc1ccc(COC)cc1)NCc1ccccc1OC(F)F.I. The quantitative estimate of drug-likeness (QED) is 0.303. The molecule has 2 N–H and O–H groups in total. The predicted molar refractivity (Wildman–Crippen MR) is 117 cm³/mol. The third-order valence-corrected chi connectivity index (χ3v) is 3.73. The van der Waals surface area contributed by atoms with Crippen LogP contribution in [0.3, 0.4) is 0 Å². The molecule has 0 unspecified atom stereocenters. The van der Waals surface area contributed by atoms with Crippen molar-refractivity contribution in [2.45, 2.75) is 33.2 Å². The minimum absolute atomic E-state index is 0. The zero-order valence-electron chi connectivity index (χ0n) is 16.0. The fraction of sp³-hybridized carbons (Fsp3) is 0.350. The summed E-state index contributed by atoms with van der Waals surface area (Å²) in [6.07, 6.45) is 0. The highest BCUT2D eigenvalue weighted by atomic mass is 127. The molecule has 2 rings (SSSR count). The van der Waals surface area contributed by atoms with Crippen LogP contribution in [-0.4, -0.2) is 26.2 Å². The van der Waals surface area contributed by atoms with Crippen LogP contribution < -0.4 is 15.4 Å². The van der Waals surface area contributed by atoms with Gasteiger partial charge in [-0.2, -0.15) is 8.78 Å². The van der Waals surface area contributed by atoms with Gasteiger partial charge in [-0.15, -0.1) is 24.0 Å². The molecule has 0 atom stereocenters. The van der Waals surface area contributed by atoms with Crippen LogP contribution in [-0.2, 0) is 24.4 Å². The summed E-state index contributed by atoms with van der Waals surface area (Å²) in [5.74, 6) is 0.759.